The molecule has 0 N–H and O–H groups in total. The number of likely N-dealkylation sites (tertiary alicyclic amines) is 1. The van der Waals surface area contributed by atoms with E-state index in [-0.39, 0.29) is 24.5 Å². The van der Waals surface area contributed by atoms with Crippen LogP contribution in [-0.2, 0) is 16.1 Å². The fraction of sp³-hybridized carbons (Fsp3) is 0.579. The molecule has 2 rings (SSSR count). The number of amides is 2. The topological polar surface area (TPSA) is 53.1 Å². The van der Waals surface area contributed by atoms with Gasteiger partial charge in [-0.25, -0.2) is 9.59 Å². The number of nitrogens with zero attached hydrogens (tertiary/aromatic N) is 3. The largest absolute Gasteiger partial charge is 0.459 e. The lowest BCUT2D eigenvalue weighted by Crippen LogP contribution is -2.63. The van der Waals surface area contributed by atoms with Crippen LogP contribution in [0.3, 0.4) is 0 Å². The highest BCUT2D eigenvalue weighted by Gasteiger charge is 2.38. The van der Waals surface area contributed by atoms with Gasteiger partial charge in [-0.1, -0.05) is 44.2 Å². The Kier molecular flexibility index (Phi) is 6.42. The number of rotatable bonds is 6. The predicted octanol–water partition coefficient (Wildman–Crippen LogP) is 2.05. The SMILES string of the molecule is CC(C)[C@@H](C(=O)OCc1ccccc1)N(C)C(=O)N1CC(N(C)C)C1. The van der Waals surface area contributed by atoms with Crippen molar-refractivity contribution < 1.29 is 14.3 Å². The van der Waals surface area contributed by atoms with Gasteiger partial charge in [-0.15, -0.1) is 0 Å². The smallest absolute Gasteiger partial charge is 0.329 e. The molecule has 0 saturated carbocycles. The molecule has 0 radical (unpaired) electrons. The van der Waals surface area contributed by atoms with E-state index < -0.39 is 6.04 Å². The summed E-state index contributed by atoms with van der Waals surface area (Å²) in [6.07, 6.45) is 0. The van der Waals surface area contributed by atoms with Gasteiger partial charge in [-0.05, 0) is 25.6 Å². The molecule has 1 aromatic carbocycles. The minimum Gasteiger partial charge on any atom is -0.459 e. The maximum absolute atomic E-state index is 12.6. The van der Waals surface area contributed by atoms with Crippen molar-refractivity contribution in [2.45, 2.75) is 32.5 Å². The molecule has 0 aliphatic carbocycles. The minimum absolute atomic E-state index is 0.0249. The summed E-state index contributed by atoms with van der Waals surface area (Å²) in [5.74, 6) is -0.387. The molecule has 138 valence electrons. The Morgan fingerprint density at radius 1 is 1.16 bits per heavy atom. The molecule has 0 bridgehead atoms. The third-order valence-corrected chi connectivity index (χ3v) is 4.68. The van der Waals surface area contributed by atoms with E-state index in [9.17, 15) is 9.59 Å². The molecule has 1 aliphatic heterocycles. The van der Waals surface area contributed by atoms with Crippen LogP contribution in [0.25, 0.3) is 0 Å². The van der Waals surface area contributed by atoms with E-state index in [0.717, 1.165) is 5.56 Å². The zero-order valence-corrected chi connectivity index (χ0v) is 15.8. The number of ether oxygens (including phenoxy) is 1. The second-order valence-electron chi connectivity index (χ2n) is 7.20. The van der Waals surface area contributed by atoms with Crippen LogP contribution in [0.15, 0.2) is 30.3 Å². The normalized spacial score (nSPS) is 15.9. The summed E-state index contributed by atoms with van der Waals surface area (Å²) >= 11 is 0. The predicted molar refractivity (Wildman–Crippen MR) is 97.1 cm³/mol. The Morgan fingerprint density at radius 3 is 2.28 bits per heavy atom. The Labute approximate surface area is 150 Å². The van der Waals surface area contributed by atoms with Gasteiger partial charge in [0.25, 0.3) is 0 Å². The summed E-state index contributed by atoms with van der Waals surface area (Å²) in [5.41, 5.74) is 0.934. The van der Waals surface area contributed by atoms with Crippen LogP contribution in [0.4, 0.5) is 4.79 Å². The lowest BCUT2D eigenvalue weighted by Gasteiger charge is -2.45. The van der Waals surface area contributed by atoms with Gasteiger partial charge in [-0.3, -0.25) is 0 Å². The quantitative estimate of drug-likeness (QED) is 0.739. The summed E-state index contributed by atoms with van der Waals surface area (Å²) < 4.78 is 5.45. The standard InChI is InChI=1S/C19H29N3O3/c1-14(2)17(18(23)25-13-15-9-7-6-8-10-15)21(5)19(24)22-11-16(12-22)20(3)4/h6-10,14,16-17H,11-13H2,1-5H3/t17-/m0/s1. The summed E-state index contributed by atoms with van der Waals surface area (Å²) in [5, 5.41) is 0. The number of benzene rings is 1. The van der Waals surface area contributed by atoms with E-state index >= 15 is 0 Å². The number of carbonyl (C=O) groups is 2. The van der Waals surface area contributed by atoms with Crippen molar-refractivity contribution in [2.24, 2.45) is 5.92 Å². The average molecular weight is 347 g/mol. The molecule has 0 spiro atoms. The van der Waals surface area contributed by atoms with Crippen LogP contribution >= 0.6 is 0 Å². The summed E-state index contributed by atoms with van der Waals surface area (Å²) in [6, 6.07) is 9.24. The third-order valence-electron chi connectivity index (χ3n) is 4.68. The molecule has 1 heterocycles. The van der Waals surface area contributed by atoms with Crippen LogP contribution in [0.1, 0.15) is 19.4 Å². The minimum atomic E-state index is -0.588. The first-order chi connectivity index (χ1) is 11.8. The maximum Gasteiger partial charge on any atom is 0.329 e. The lowest BCUT2D eigenvalue weighted by molar-refractivity contribution is -0.151. The maximum atomic E-state index is 12.6. The molecule has 6 heteroatoms. The fourth-order valence-electron chi connectivity index (χ4n) is 2.97. The van der Waals surface area contributed by atoms with Crippen molar-refractivity contribution >= 4 is 12.0 Å². The molecule has 0 aromatic heterocycles. The molecule has 1 fully saturated rings. The molecular weight excluding hydrogens is 318 g/mol. The van der Waals surface area contributed by atoms with Gasteiger partial charge in [0.05, 0.1) is 0 Å². The second kappa shape index (κ2) is 8.34. The van der Waals surface area contributed by atoms with Gasteiger partial charge in [0.1, 0.15) is 12.6 Å². The van der Waals surface area contributed by atoms with E-state index in [1.165, 1.54) is 4.90 Å². The van der Waals surface area contributed by atoms with Gasteiger partial charge in [-0.2, -0.15) is 0 Å². The monoisotopic (exact) mass is 347 g/mol. The number of carbonyl (C=O) groups excluding carboxylic acids is 2. The molecule has 1 saturated heterocycles. The van der Waals surface area contributed by atoms with Gasteiger partial charge >= 0.3 is 12.0 Å². The first-order valence-corrected chi connectivity index (χ1v) is 8.70. The summed E-state index contributed by atoms with van der Waals surface area (Å²) in [6.45, 7) is 5.46. The van der Waals surface area contributed by atoms with Crippen LogP contribution in [0, 0.1) is 5.92 Å². The number of urea groups is 1. The number of hydrogen-bond donors (Lipinski definition) is 0. The van der Waals surface area contributed by atoms with Crippen molar-refractivity contribution in [1.82, 2.24) is 14.7 Å². The zero-order chi connectivity index (χ0) is 18.6. The Bertz CT molecular complexity index is 583. The molecule has 2 amide bonds. The van der Waals surface area contributed by atoms with Crippen molar-refractivity contribution in [3.63, 3.8) is 0 Å². The highest BCUT2D eigenvalue weighted by molar-refractivity contribution is 5.84. The van der Waals surface area contributed by atoms with Crippen LogP contribution < -0.4 is 0 Å². The summed E-state index contributed by atoms with van der Waals surface area (Å²) in [4.78, 5) is 30.6. The Hall–Kier alpha value is -2.08. The summed E-state index contributed by atoms with van der Waals surface area (Å²) in [7, 11) is 5.70. The van der Waals surface area contributed by atoms with Crippen LogP contribution in [-0.4, -0.2) is 73.0 Å². The van der Waals surface area contributed by atoms with Gasteiger partial charge in [0.15, 0.2) is 0 Å². The highest BCUT2D eigenvalue weighted by Crippen LogP contribution is 2.19. The molecule has 6 nitrogen and oxygen atoms in total. The highest BCUT2D eigenvalue weighted by atomic mass is 16.5. The van der Waals surface area contributed by atoms with Gasteiger partial charge < -0.3 is 19.4 Å². The first-order valence-electron chi connectivity index (χ1n) is 8.70. The van der Waals surface area contributed by atoms with Crippen molar-refractivity contribution in [1.29, 1.82) is 0 Å². The van der Waals surface area contributed by atoms with Gasteiger partial charge in [0, 0.05) is 26.2 Å². The molecule has 1 atom stereocenters. The lowest BCUT2D eigenvalue weighted by atomic mass is 10.0. The fourth-order valence-corrected chi connectivity index (χ4v) is 2.97. The molecular formula is C19H29N3O3. The van der Waals surface area contributed by atoms with Crippen molar-refractivity contribution in [3.8, 4) is 0 Å². The zero-order valence-electron chi connectivity index (χ0n) is 15.8. The van der Waals surface area contributed by atoms with Crippen LogP contribution in [0.5, 0.6) is 0 Å². The molecule has 1 aliphatic rings. The Morgan fingerprint density at radius 2 is 1.76 bits per heavy atom. The van der Waals surface area contributed by atoms with E-state index in [2.05, 4.69) is 4.90 Å². The van der Waals surface area contributed by atoms with Crippen LogP contribution in [0.2, 0.25) is 0 Å². The Balaban J connectivity index is 1.94. The van der Waals surface area contributed by atoms with Crippen molar-refractivity contribution in [2.75, 3.05) is 34.2 Å². The number of hydrogen-bond acceptors (Lipinski definition) is 4. The number of esters is 1. The first kappa shape index (κ1) is 19.2. The number of likely N-dealkylation sites (N-methyl/N-ethyl adjacent to an activating group) is 2. The molecule has 25 heavy (non-hydrogen) atoms. The van der Waals surface area contributed by atoms with E-state index in [0.29, 0.717) is 19.1 Å². The molecule has 1 aromatic rings. The second-order valence-corrected chi connectivity index (χ2v) is 7.20. The van der Waals surface area contributed by atoms with Crippen molar-refractivity contribution in [3.05, 3.63) is 35.9 Å². The third kappa shape index (κ3) is 4.72. The molecule has 0 unspecified atom stereocenters. The van der Waals surface area contributed by atoms with Gasteiger partial charge in [0.2, 0.25) is 0 Å². The van der Waals surface area contributed by atoms with E-state index in [1.54, 1.807) is 11.9 Å². The average Bonchev–Trinajstić information content (AvgIpc) is 2.51. The van der Waals surface area contributed by atoms with E-state index in [1.807, 2.05) is 58.3 Å². The van der Waals surface area contributed by atoms with E-state index in [4.69, 9.17) is 4.74 Å².